The van der Waals surface area contributed by atoms with Crippen molar-refractivity contribution in [3.05, 3.63) is 11.8 Å². The average molecular weight is 185 g/mol. The number of hydrogen-bond donors (Lipinski definition) is 0. The maximum Gasteiger partial charge on any atom is 0.442 e. The van der Waals surface area contributed by atoms with Crippen molar-refractivity contribution in [2.24, 2.45) is 0 Å². The van der Waals surface area contributed by atoms with Crippen LogP contribution in [0.25, 0.3) is 0 Å². The molecule has 0 aliphatic carbocycles. The molecule has 0 aromatic rings. The quantitative estimate of drug-likeness (QED) is 0.620. The summed E-state index contributed by atoms with van der Waals surface area (Å²) in [6.07, 6.45) is -2.51. The molecule has 12 heavy (non-hydrogen) atoms. The van der Waals surface area contributed by atoms with Crippen molar-refractivity contribution in [2.45, 2.75) is 0 Å². The molecule has 0 heterocycles. The highest BCUT2D eigenvalue weighted by Gasteiger charge is 2.35. The van der Waals surface area contributed by atoms with E-state index >= 15 is 0 Å². The van der Waals surface area contributed by atoms with Gasteiger partial charge >= 0.3 is 6.75 Å². The lowest BCUT2D eigenvalue weighted by Gasteiger charge is -2.34. The molecule has 0 radical (unpaired) electrons. The molecule has 0 aliphatic heterocycles. The fourth-order valence-corrected chi connectivity index (χ4v) is 0.733. The zero-order valence-corrected chi connectivity index (χ0v) is 6.94. The van der Waals surface area contributed by atoms with Crippen LogP contribution in [0.4, 0.5) is 13.2 Å². The molecule has 0 aromatic heterocycles. The Morgan fingerprint density at radius 1 is 0.917 bits per heavy atom. The molecule has 3 nitrogen and oxygen atoms in total. The van der Waals surface area contributed by atoms with E-state index in [4.69, 9.17) is 0 Å². The highest BCUT2D eigenvalue weighted by atomic mass is 19.3. The lowest BCUT2D eigenvalue weighted by atomic mass is 9.77. The van der Waals surface area contributed by atoms with Crippen molar-refractivity contribution < 1.29 is 27.1 Å². The minimum Gasteiger partial charge on any atom is -0.541 e. The van der Waals surface area contributed by atoms with Crippen LogP contribution in [0.15, 0.2) is 11.8 Å². The third-order valence-electron chi connectivity index (χ3n) is 1.42. The zero-order valence-electron chi connectivity index (χ0n) is 6.94. The molecule has 7 heteroatoms. The van der Waals surface area contributed by atoms with Gasteiger partial charge in [0, 0.05) is 0 Å². The number of hydrogen-bond acceptors (Lipinski definition) is 3. The summed E-state index contributed by atoms with van der Waals surface area (Å²) in [5.41, 5.74) is -1.83. The third kappa shape index (κ3) is 1.99. The highest BCUT2D eigenvalue weighted by molar-refractivity contribution is 6.67. The molecular formula is C5H9BF3O3-. The predicted molar refractivity (Wildman–Crippen MR) is 37.1 cm³/mol. The van der Waals surface area contributed by atoms with Gasteiger partial charge in [0.1, 0.15) is 0 Å². The molecule has 0 fully saturated rings. The molecule has 0 bridgehead atoms. The van der Waals surface area contributed by atoms with Gasteiger partial charge in [-0.3, -0.25) is 0 Å². The van der Waals surface area contributed by atoms with Crippen LogP contribution < -0.4 is 0 Å². The Kier molecular flexibility index (Phi) is 4.29. The molecular weight excluding hydrogens is 176 g/mol. The molecule has 0 atom stereocenters. The summed E-state index contributed by atoms with van der Waals surface area (Å²) >= 11 is 0. The van der Waals surface area contributed by atoms with Gasteiger partial charge < -0.3 is 14.0 Å². The Hall–Kier alpha value is -0.525. The van der Waals surface area contributed by atoms with Gasteiger partial charge in [0.2, 0.25) is 0 Å². The minimum absolute atomic E-state index is 1.01. The van der Waals surface area contributed by atoms with Crippen molar-refractivity contribution in [1.82, 2.24) is 0 Å². The van der Waals surface area contributed by atoms with Crippen LogP contribution >= 0.6 is 0 Å². The summed E-state index contributed by atoms with van der Waals surface area (Å²) in [6, 6.07) is 0. The molecule has 0 saturated heterocycles. The van der Waals surface area contributed by atoms with Crippen LogP contribution in [0.2, 0.25) is 0 Å². The van der Waals surface area contributed by atoms with E-state index in [9.17, 15) is 13.2 Å². The zero-order chi connectivity index (χ0) is 9.78. The molecule has 0 rings (SSSR count). The Morgan fingerprint density at radius 2 is 1.25 bits per heavy atom. The second-order valence-corrected chi connectivity index (χ2v) is 1.96. The third-order valence-corrected chi connectivity index (χ3v) is 1.42. The van der Waals surface area contributed by atoms with Crippen molar-refractivity contribution >= 4 is 6.75 Å². The Labute approximate surface area is 68.1 Å². The van der Waals surface area contributed by atoms with Gasteiger partial charge in [0.05, 0.1) is 5.73 Å². The molecule has 0 saturated carbocycles. The van der Waals surface area contributed by atoms with Crippen LogP contribution in [0.5, 0.6) is 0 Å². The fraction of sp³-hybridized carbons (Fsp3) is 0.600. The van der Waals surface area contributed by atoms with E-state index in [1.807, 2.05) is 0 Å². The monoisotopic (exact) mass is 185 g/mol. The average Bonchev–Trinajstić information content (AvgIpc) is 2.08. The minimum atomic E-state index is -3.10. The summed E-state index contributed by atoms with van der Waals surface area (Å²) in [7, 11) is 3.03. The maximum atomic E-state index is 12.6. The van der Waals surface area contributed by atoms with E-state index in [-0.39, 0.29) is 0 Å². The van der Waals surface area contributed by atoms with E-state index in [0.29, 0.717) is 0 Å². The summed E-state index contributed by atoms with van der Waals surface area (Å²) in [6.45, 7) is -3.10. The molecule has 0 N–H and O–H groups in total. The first kappa shape index (κ1) is 11.5. The van der Waals surface area contributed by atoms with Gasteiger partial charge in [-0.1, -0.05) is 0 Å². The van der Waals surface area contributed by atoms with Crippen LogP contribution in [0, 0.1) is 0 Å². The van der Waals surface area contributed by atoms with Gasteiger partial charge in [0.25, 0.3) is 6.08 Å². The summed E-state index contributed by atoms with van der Waals surface area (Å²) in [4.78, 5) is 0. The van der Waals surface area contributed by atoms with E-state index in [0.717, 1.165) is 21.3 Å². The van der Waals surface area contributed by atoms with E-state index in [2.05, 4.69) is 14.0 Å². The number of halogens is 3. The van der Waals surface area contributed by atoms with Gasteiger partial charge in [-0.05, 0) is 21.3 Å². The second-order valence-electron chi connectivity index (χ2n) is 1.96. The predicted octanol–water partition coefficient (Wildman–Crippen LogP) is 1.48. The maximum absolute atomic E-state index is 12.6. The van der Waals surface area contributed by atoms with Crippen LogP contribution in [0.3, 0.4) is 0 Å². The van der Waals surface area contributed by atoms with Gasteiger partial charge in [-0.2, -0.15) is 8.78 Å². The summed E-state index contributed by atoms with van der Waals surface area (Å²) < 4.78 is 49.3. The normalized spacial score (nSPS) is 11.5. The lowest BCUT2D eigenvalue weighted by Crippen LogP contribution is -2.44. The molecule has 0 aromatic carbocycles. The van der Waals surface area contributed by atoms with Gasteiger partial charge in [0.15, 0.2) is 0 Å². The molecule has 0 spiro atoms. The lowest BCUT2D eigenvalue weighted by molar-refractivity contribution is 0.122. The standard InChI is InChI=1S/C5H9BF3O3/c1-10-6(11-2,12-3)4(7)5(8)9/h1-3H3/q-1. The summed E-state index contributed by atoms with van der Waals surface area (Å²) in [5, 5.41) is 0. The van der Waals surface area contributed by atoms with Gasteiger partial charge in [-0.15, -0.1) is 0 Å². The van der Waals surface area contributed by atoms with E-state index < -0.39 is 18.6 Å². The van der Waals surface area contributed by atoms with Crippen molar-refractivity contribution in [3.8, 4) is 0 Å². The Balaban J connectivity index is 4.84. The first-order valence-electron chi connectivity index (χ1n) is 3.04. The van der Waals surface area contributed by atoms with Crippen LogP contribution in [0.1, 0.15) is 0 Å². The highest BCUT2D eigenvalue weighted by Crippen LogP contribution is 2.23. The van der Waals surface area contributed by atoms with Crippen LogP contribution in [-0.4, -0.2) is 28.1 Å². The first-order valence-corrected chi connectivity index (χ1v) is 3.04. The van der Waals surface area contributed by atoms with E-state index in [1.54, 1.807) is 0 Å². The largest absolute Gasteiger partial charge is 0.541 e. The van der Waals surface area contributed by atoms with Crippen molar-refractivity contribution in [2.75, 3.05) is 21.3 Å². The van der Waals surface area contributed by atoms with Crippen molar-refractivity contribution in [3.63, 3.8) is 0 Å². The van der Waals surface area contributed by atoms with E-state index in [1.165, 1.54) is 0 Å². The Bertz CT molecular complexity index is 169. The number of rotatable bonds is 4. The van der Waals surface area contributed by atoms with Crippen LogP contribution in [-0.2, 0) is 14.0 Å². The van der Waals surface area contributed by atoms with Gasteiger partial charge in [-0.25, -0.2) is 4.39 Å². The topological polar surface area (TPSA) is 27.7 Å². The smallest absolute Gasteiger partial charge is 0.442 e. The Morgan fingerprint density at radius 3 is 1.33 bits per heavy atom. The molecule has 0 amide bonds. The summed E-state index contributed by atoms with van der Waals surface area (Å²) in [5.74, 6) is 0. The van der Waals surface area contributed by atoms with Crippen molar-refractivity contribution in [1.29, 1.82) is 0 Å². The second kappa shape index (κ2) is 4.49. The SMILES string of the molecule is CO[B-](OC)(OC)C(F)=C(F)F. The molecule has 72 valence electrons. The molecule has 0 aliphatic rings. The molecule has 0 unspecified atom stereocenters. The fourth-order valence-electron chi connectivity index (χ4n) is 0.733. The first-order chi connectivity index (χ1) is 5.54.